The number of ketones is 1. The maximum atomic E-state index is 11.5. The van der Waals surface area contributed by atoms with Gasteiger partial charge in [0.15, 0.2) is 5.78 Å². The molecule has 1 aromatic carbocycles. The third-order valence-corrected chi connectivity index (χ3v) is 2.74. The summed E-state index contributed by atoms with van der Waals surface area (Å²) in [6.07, 6.45) is 1.67. The second-order valence-corrected chi connectivity index (χ2v) is 3.69. The van der Waals surface area contributed by atoms with Gasteiger partial charge in [0.1, 0.15) is 0 Å². The van der Waals surface area contributed by atoms with Crippen LogP contribution >= 0.6 is 0 Å². The largest absolute Gasteiger partial charge is 0.312 e. The topological polar surface area (TPSA) is 29.1 Å². The van der Waals surface area contributed by atoms with Crippen LogP contribution in [-0.4, -0.2) is 12.3 Å². The summed E-state index contributed by atoms with van der Waals surface area (Å²) in [6, 6.07) is 6.09. The summed E-state index contributed by atoms with van der Waals surface area (Å²) < 4.78 is 0. The van der Waals surface area contributed by atoms with Crippen molar-refractivity contribution in [2.24, 2.45) is 0 Å². The molecule has 0 bridgehead atoms. The van der Waals surface area contributed by atoms with Crippen molar-refractivity contribution in [3.05, 3.63) is 34.9 Å². The molecule has 1 heterocycles. The summed E-state index contributed by atoms with van der Waals surface area (Å²) >= 11 is 0. The molecule has 0 saturated heterocycles. The van der Waals surface area contributed by atoms with Crippen LogP contribution in [0.1, 0.15) is 34.8 Å². The van der Waals surface area contributed by atoms with Crippen LogP contribution < -0.4 is 5.32 Å². The molecule has 0 saturated carbocycles. The quantitative estimate of drug-likeness (QED) is 0.720. The third kappa shape index (κ3) is 1.70. The van der Waals surface area contributed by atoms with Gasteiger partial charge in [0.2, 0.25) is 0 Å². The standard InChI is InChI=1S/C12H15NO/c1-2-12(14)10-4-3-9-5-6-13-8-11(9)7-10/h3-4,7,13H,2,5-6,8H2,1H3. The van der Waals surface area contributed by atoms with Gasteiger partial charge in [-0.1, -0.05) is 19.1 Å². The van der Waals surface area contributed by atoms with Gasteiger partial charge in [0, 0.05) is 18.5 Å². The van der Waals surface area contributed by atoms with Gasteiger partial charge < -0.3 is 5.32 Å². The van der Waals surface area contributed by atoms with Crippen LogP contribution in [0.5, 0.6) is 0 Å². The summed E-state index contributed by atoms with van der Waals surface area (Å²) in [5.41, 5.74) is 3.53. The van der Waals surface area contributed by atoms with Crippen LogP contribution in [0.25, 0.3) is 0 Å². The average molecular weight is 189 g/mol. The van der Waals surface area contributed by atoms with E-state index in [1.807, 2.05) is 19.1 Å². The van der Waals surface area contributed by atoms with Gasteiger partial charge in [-0.15, -0.1) is 0 Å². The molecule has 0 aliphatic carbocycles. The third-order valence-electron chi connectivity index (χ3n) is 2.74. The molecule has 2 nitrogen and oxygen atoms in total. The number of hydrogen-bond donors (Lipinski definition) is 1. The zero-order valence-electron chi connectivity index (χ0n) is 8.47. The molecule has 0 atom stereocenters. The summed E-state index contributed by atoms with van der Waals surface area (Å²) in [4.78, 5) is 11.5. The molecule has 0 spiro atoms. The molecule has 0 aromatic heterocycles. The van der Waals surface area contributed by atoms with E-state index in [2.05, 4.69) is 11.4 Å². The number of rotatable bonds is 2. The first kappa shape index (κ1) is 9.41. The van der Waals surface area contributed by atoms with Gasteiger partial charge in [-0.05, 0) is 30.2 Å². The predicted octanol–water partition coefficient (Wildman–Crippen LogP) is 1.93. The molecule has 1 aliphatic heterocycles. The lowest BCUT2D eigenvalue weighted by Crippen LogP contribution is -2.23. The Balaban J connectivity index is 2.33. The highest BCUT2D eigenvalue weighted by Gasteiger charge is 2.10. The number of hydrogen-bond acceptors (Lipinski definition) is 2. The molecule has 0 unspecified atom stereocenters. The summed E-state index contributed by atoms with van der Waals surface area (Å²) in [6.45, 7) is 3.86. The zero-order valence-corrected chi connectivity index (χ0v) is 8.47. The molecule has 1 aromatic rings. The SMILES string of the molecule is CCC(=O)c1ccc2c(c1)CNCC2. The van der Waals surface area contributed by atoms with Crippen molar-refractivity contribution in [3.63, 3.8) is 0 Å². The number of nitrogens with one attached hydrogen (secondary N) is 1. The van der Waals surface area contributed by atoms with E-state index in [9.17, 15) is 4.79 Å². The fourth-order valence-electron chi connectivity index (χ4n) is 1.86. The van der Waals surface area contributed by atoms with Crippen molar-refractivity contribution in [2.75, 3.05) is 6.54 Å². The Morgan fingerprint density at radius 1 is 1.43 bits per heavy atom. The van der Waals surface area contributed by atoms with Gasteiger partial charge in [-0.2, -0.15) is 0 Å². The smallest absolute Gasteiger partial charge is 0.162 e. The highest BCUT2D eigenvalue weighted by atomic mass is 16.1. The predicted molar refractivity (Wildman–Crippen MR) is 56.5 cm³/mol. The zero-order chi connectivity index (χ0) is 9.97. The van der Waals surface area contributed by atoms with Crippen molar-refractivity contribution in [3.8, 4) is 0 Å². The van der Waals surface area contributed by atoms with Crippen molar-refractivity contribution >= 4 is 5.78 Å². The van der Waals surface area contributed by atoms with Crippen molar-refractivity contribution in [1.82, 2.24) is 5.32 Å². The van der Waals surface area contributed by atoms with Gasteiger partial charge in [0.05, 0.1) is 0 Å². The van der Waals surface area contributed by atoms with E-state index in [4.69, 9.17) is 0 Å². The Hall–Kier alpha value is -1.15. The average Bonchev–Trinajstić information content (AvgIpc) is 2.27. The van der Waals surface area contributed by atoms with Gasteiger partial charge in [0.25, 0.3) is 0 Å². The maximum Gasteiger partial charge on any atom is 0.162 e. The molecule has 2 heteroatoms. The van der Waals surface area contributed by atoms with E-state index in [-0.39, 0.29) is 5.78 Å². The molecule has 0 amide bonds. The van der Waals surface area contributed by atoms with E-state index in [1.165, 1.54) is 11.1 Å². The lowest BCUT2D eigenvalue weighted by molar-refractivity contribution is 0.0988. The van der Waals surface area contributed by atoms with Gasteiger partial charge >= 0.3 is 0 Å². The molecule has 1 aliphatic rings. The maximum absolute atomic E-state index is 11.5. The van der Waals surface area contributed by atoms with Crippen molar-refractivity contribution < 1.29 is 4.79 Å². The van der Waals surface area contributed by atoms with Crippen LogP contribution in [0.2, 0.25) is 0 Å². The van der Waals surface area contributed by atoms with E-state index < -0.39 is 0 Å². The number of carbonyl (C=O) groups excluding carboxylic acids is 1. The highest BCUT2D eigenvalue weighted by Crippen LogP contribution is 2.16. The van der Waals surface area contributed by atoms with Crippen LogP contribution in [0.4, 0.5) is 0 Å². The van der Waals surface area contributed by atoms with E-state index in [1.54, 1.807) is 0 Å². The number of carbonyl (C=O) groups is 1. The number of fused-ring (bicyclic) bond motifs is 1. The van der Waals surface area contributed by atoms with E-state index in [0.29, 0.717) is 6.42 Å². The normalized spacial score (nSPS) is 14.9. The van der Waals surface area contributed by atoms with Crippen LogP contribution in [0, 0.1) is 0 Å². The first-order chi connectivity index (χ1) is 6.81. The minimum Gasteiger partial charge on any atom is -0.312 e. The molecule has 14 heavy (non-hydrogen) atoms. The lowest BCUT2D eigenvalue weighted by atomic mass is 9.96. The summed E-state index contributed by atoms with van der Waals surface area (Å²) in [7, 11) is 0. The van der Waals surface area contributed by atoms with Crippen LogP contribution in [0.3, 0.4) is 0 Å². The Labute approximate surface area is 84.3 Å². The Morgan fingerprint density at radius 3 is 3.07 bits per heavy atom. The molecule has 1 N–H and O–H groups in total. The number of Topliss-reactive ketones (excluding diaryl/α,β-unsaturated/α-hetero) is 1. The second kappa shape index (κ2) is 3.93. The van der Waals surface area contributed by atoms with Crippen molar-refractivity contribution in [1.29, 1.82) is 0 Å². The fraction of sp³-hybridized carbons (Fsp3) is 0.417. The monoisotopic (exact) mass is 189 g/mol. The first-order valence-corrected chi connectivity index (χ1v) is 5.17. The van der Waals surface area contributed by atoms with E-state index >= 15 is 0 Å². The molecular weight excluding hydrogens is 174 g/mol. The van der Waals surface area contributed by atoms with Gasteiger partial charge in [-0.25, -0.2) is 0 Å². The van der Waals surface area contributed by atoms with Crippen molar-refractivity contribution in [2.45, 2.75) is 26.3 Å². The lowest BCUT2D eigenvalue weighted by Gasteiger charge is -2.17. The fourth-order valence-corrected chi connectivity index (χ4v) is 1.86. The molecule has 74 valence electrons. The molecule has 2 rings (SSSR count). The summed E-state index contributed by atoms with van der Waals surface area (Å²) in [5, 5.41) is 3.31. The minimum absolute atomic E-state index is 0.235. The molecular formula is C12H15NO. The van der Waals surface area contributed by atoms with Crippen LogP contribution in [-0.2, 0) is 13.0 Å². The molecule has 0 radical (unpaired) electrons. The second-order valence-electron chi connectivity index (χ2n) is 3.69. The highest BCUT2D eigenvalue weighted by molar-refractivity contribution is 5.96. The Kier molecular flexibility index (Phi) is 2.64. The van der Waals surface area contributed by atoms with E-state index in [0.717, 1.165) is 25.1 Å². The number of benzene rings is 1. The molecule has 0 fully saturated rings. The van der Waals surface area contributed by atoms with Crippen LogP contribution in [0.15, 0.2) is 18.2 Å². The minimum atomic E-state index is 0.235. The Bertz CT molecular complexity index is 357. The summed E-state index contributed by atoms with van der Waals surface area (Å²) in [5.74, 6) is 0.235. The van der Waals surface area contributed by atoms with Gasteiger partial charge in [-0.3, -0.25) is 4.79 Å². The first-order valence-electron chi connectivity index (χ1n) is 5.17. The Morgan fingerprint density at radius 2 is 2.29 bits per heavy atom.